The zero-order valence-corrected chi connectivity index (χ0v) is 14.9. The lowest BCUT2D eigenvalue weighted by atomic mass is 10.1. The van der Waals surface area contributed by atoms with Crippen LogP contribution in [0.3, 0.4) is 0 Å². The van der Waals surface area contributed by atoms with Gasteiger partial charge in [0.1, 0.15) is 0 Å². The second kappa shape index (κ2) is 5.18. The molecule has 2 N–H and O–H groups in total. The average Bonchev–Trinajstić information content (AvgIpc) is 2.24. The molecule has 20 heavy (non-hydrogen) atoms. The average molecular weight is 310 g/mol. The molecule has 0 spiro atoms. The number of hydrogen-bond acceptors (Lipinski definition) is 2. The number of aromatic carboxylic acids is 2. The van der Waals surface area contributed by atoms with Crippen molar-refractivity contribution in [2.45, 2.75) is 39.3 Å². The highest BCUT2D eigenvalue weighted by Crippen LogP contribution is 2.15. The number of hydrogen-bond donors (Lipinski definition) is 2. The van der Waals surface area contributed by atoms with Gasteiger partial charge in [0, 0.05) is 0 Å². The summed E-state index contributed by atoms with van der Waals surface area (Å²) in [6.07, 6.45) is 0. The monoisotopic (exact) mass is 310 g/mol. The highest BCUT2D eigenvalue weighted by atomic mass is 28.3. The van der Waals surface area contributed by atoms with Gasteiger partial charge in [-0.05, 0) is 11.3 Å². The van der Waals surface area contributed by atoms with Gasteiger partial charge in [0.2, 0.25) is 0 Å². The Bertz CT molecular complexity index is 566. The third kappa shape index (κ3) is 3.18. The molecule has 4 nitrogen and oxygen atoms in total. The largest absolute Gasteiger partial charge is 0.478 e. The fraction of sp³-hybridized carbons (Fsp3) is 0.429. The normalized spacial score (nSPS) is 12.3. The van der Waals surface area contributed by atoms with Crippen LogP contribution in [0.1, 0.15) is 20.7 Å². The molecule has 0 heterocycles. The van der Waals surface area contributed by atoms with E-state index in [1.54, 1.807) is 0 Å². The molecule has 1 aromatic carbocycles. The van der Waals surface area contributed by atoms with E-state index < -0.39 is 28.1 Å². The van der Waals surface area contributed by atoms with Crippen LogP contribution in [0.25, 0.3) is 0 Å². The van der Waals surface area contributed by atoms with Crippen molar-refractivity contribution in [3.63, 3.8) is 0 Å². The molecule has 0 aliphatic rings. The lowest BCUT2D eigenvalue weighted by molar-refractivity contribution is 0.0652. The predicted octanol–water partition coefficient (Wildman–Crippen LogP) is 2.17. The Kier molecular flexibility index (Phi) is 4.31. The SMILES string of the molecule is C[Si](C)(C)c1ccc(C(=O)O)c(C(=O)O)c1[Si](C)(C)C. The van der Waals surface area contributed by atoms with Gasteiger partial charge in [0.25, 0.3) is 0 Å². The van der Waals surface area contributed by atoms with Crippen molar-refractivity contribution in [3.8, 4) is 0 Å². The maximum Gasteiger partial charge on any atom is 0.336 e. The van der Waals surface area contributed by atoms with Crippen molar-refractivity contribution in [1.82, 2.24) is 0 Å². The molecule has 0 radical (unpaired) electrons. The zero-order valence-electron chi connectivity index (χ0n) is 12.9. The van der Waals surface area contributed by atoms with E-state index in [1.165, 1.54) is 6.07 Å². The van der Waals surface area contributed by atoms with Crippen LogP contribution in [0.2, 0.25) is 39.3 Å². The molecule has 0 amide bonds. The molecule has 6 heteroatoms. The van der Waals surface area contributed by atoms with Crippen molar-refractivity contribution in [2.75, 3.05) is 0 Å². The Labute approximate surface area is 121 Å². The molecule has 0 bridgehead atoms. The lowest BCUT2D eigenvalue weighted by Gasteiger charge is -2.30. The quantitative estimate of drug-likeness (QED) is 0.836. The Balaban J connectivity index is 3.91. The fourth-order valence-corrected chi connectivity index (χ4v) is 8.00. The van der Waals surface area contributed by atoms with Crippen molar-refractivity contribution in [1.29, 1.82) is 0 Å². The molecule has 1 rings (SSSR count). The van der Waals surface area contributed by atoms with E-state index in [2.05, 4.69) is 39.3 Å². The predicted molar refractivity (Wildman–Crippen MR) is 86.3 cm³/mol. The van der Waals surface area contributed by atoms with Crippen LogP contribution in [-0.4, -0.2) is 38.3 Å². The first-order valence-electron chi connectivity index (χ1n) is 6.52. The molecule has 0 atom stereocenters. The third-order valence-corrected chi connectivity index (χ3v) is 7.51. The van der Waals surface area contributed by atoms with Crippen LogP contribution in [0.15, 0.2) is 12.1 Å². The van der Waals surface area contributed by atoms with Crippen LogP contribution in [0.4, 0.5) is 0 Å². The van der Waals surface area contributed by atoms with Crippen LogP contribution in [-0.2, 0) is 0 Å². The second-order valence-corrected chi connectivity index (χ2v) is 17.1. The van der Waals surface area contributed by atoms with Gasteiger partial charge in [-0.2, -0.15) is 0 Å². The summed E-state index contributed by atoms with van der Waals surface area (Å²) in [5.41, 5.74) is -0.103. The number of carbonyl (C=O) groups is 2. The molecule has 0 aliphatic carbocycles. The van der Waals surface area contributed by atoms with E-state index in [0.29, 0.717) is 0 Å². The third-order valence-electron chi connectivity index (χ3n) is 3.21. The summed E-state index contributed by atoms with van der Waals surface area (Å²) in [6, 6.07) is 3.28. The highest BCUT2D eigenvalue weighted by Gasteiger charge is 2.34. The lowest BCUT2D eigenvalue weighted by Crippen LogP contribution is -2.58. The summed E-state index contributed by atoms with van der Waals surface area (Å²) in [5, 5.41) is 20.6. The van der Waals surface area contributed by atoms with Crippen LogP contribution < -0.4 is 10.4 Å². The fourth-order valence-electron chi connectivity index (χ4n) is 2.41. The van der Waals surface area contributed by atoms with Crippen molar-refractivity contribution in [2.24, 2.45) is 0 Å². The molecule has 0 unspecified atom stereocenters. The van der Waals surface area contributed by atoms with Gasteiger partial charge in [-0.15, -0.1) is 0 Å². The first-order chi connectivity index (χ1) is 8.87. The smallest absolute Gasteiger partial charge is 0.336 e. The van der Waals surface area contributed by atoms with Gasteiger partial charge < -0.3 is 10.2 Å². The highest BCUT2D eigenvalue weighted by molar-refractivity contribution is 6.99. The van der Waals surface area contributed by atoms with Crippen LogP contribution >= 0.6 is 0 Å². The van der Waals surface area contributed by atoms with Gasteiger partial charge in [-0.3, -0.25) is 0 Å². The maximum absolute atomic E-state index is 11.6. The topological polar surface area (TPSA) is 74.6 Å². The summed E-state index contributed by atoms with van der Waals surface area (Å²) in [6.45, 7) is 12.6. The Morgan fingerprint density at radius 2 is 1.35 bits per heavy atom. The number of carboxylic acid groups (broad SMARTS) is 2. The summed E-state index contributed by atoms with van der Waals surface area (Å²) >= 11 is 0. The number of benzene rings is 1. The summed E-state index contributed by atoms with van der Waals surface area (Å²) in [7, 11) is -3.73. The molecule has 110 valence electrons. The minimum absolute atomic E-state index is 0.00316. The number of carboxylic acids is 2. The minimum atomic E-state index is -1.98. The first-order valence-corrected chi connectivity index (χ1v) is 13.5. The molecule has 1 aromatic rings. The molecule has 0 saturated heterocycles. The molecular weight excluding hydrogens is 288 g/mol. The van der Waals surface area contributed by atoms with Gasteiger partial charge >= 0.3 is 11.9 Å². The standard InChI is InChI=1S/C14H22O4Si2/c1-19(2,3)10-8-7-9(13(15)16)11(14(17)18)12(10)20(4,5)6/h7-8H,1-6H3,(H,15,16)(H,17,18). The zero-order chi connectivity index (χ0) is 15.9. The van der Waals surface area contributed by atoms with E-state index in [1.807, 2.05) is 6.07 Å². The first kappa shape index (κ1) is 16.6. The molecule has 0 aliphatic heterocycles. The van der Waals surface area contributed by atoms with Crippen molar-refractivity contribution >= 4 is 38.5 Å². The molecule has 0 saturated carbocycles. The summed E-state index contributed by atoms with van der Waals surface area (Å²) in [5.74, 6) is -2.32. The van der Waals surface area contributed by atoms with Crippen molar-refractivity contribution < 1.29 is 19.8 Å². The van der Waals surface area contributed by atoms with Gasteiger partial charge in [0.05, 0.1) is 27.3 Å². The number of rotatable bonds is 4. The van der Waals surface area contributed by atoms with Crippen LogP contribution in [0, 0.1) is 0 Å². The van der Waals surface area contributed by atoms with Gasteiger partial charge in [0.15, 0.2) is 0 Å². The van der Waals surface area contributed by atoms with E-state index in [-0.39, 0.29) is 11.1 Å². The Morgan fingerprint density at radius 1 is 0.850 bits per heavy atom. The maximum atomic E-state index is 11.6. The Hall–Kier alpha value is -1.41. The summed E-state index contributed by atoms with van der Waals surface area (Å²) < 4.78 is 0. The molecule has 0 aromatic heterocycles. The van der Waals surface area contributed by atoms with Gasteiger partial charge in [-0.25, -0.2) is 9.59 Å². The van der Waals surface area contributed by atoms with E-state index in [9.17, 15) is 19.8 Å². The van der Waals surface area contributed by atoms with E-state index >= 15 is 0 Å². The second-order valence-electron chi connectivity index (χ2n) is 7.02. The molecular formula is C14H22O4Si2. The Morgan fingerprint density at radius 3 is 1.65 bits per heavy atom. The molecule has 0 fully saturated rings. The van der Waals surface area contributed by atoms with Crippen molar-refractivity contribution in [3.05, 3.63) is 23.3 Å². The summed E-state index contributed by atoms with van der Waals surface area (Å²) in [4.78, 5) is 23.0. The van der Waals surface area contributed by atoms with E-state index in [0.717, 1.165) is 10.4 Å². The van der Waals surface area contributed by atoms with Gasteiger partial charge in [-0.1, -0.05) is 50.5 Å². The van der Waals surface area contributed by atoms with E-state index in [4.69, 9.17) is 0 Å². The minimum Gasteiger partial charge on any atom is -0.478 e. The van der Waals surface area contributed by atoms with Crippen LogP contribution in [0.5, 0.6) is 0 Å².